The highest BCUT2D eigenvalue weighted by molar-refractivity contribution is 5.97. The van der Waals surface area contributed by atoms with E-state index >= 15 is 0 Å². The Morgan fingerprint density at radius 3 is 2.47 bits per heavy atom. The van der Waals surface area contributed by atoms with Crippen molar-refractivity contribution in [1.82, 2.24) is 30.1 Å². The number of phenolic OH excluding ortho intramolecular Hbond substituents is 1. The van der Waals surface area contributed by atoms with Gasteiger partial charge in [-0.15, -0.1) is 0 Å². The van der Waals surface area contributed by atoms with Gasteiger partial charge in [0.2, 0.25) is 17.7 Å². The molecule has 3 aromatic rings. The fraction of sp³-hybridized carbons (Fsp3) is 0.509. The largest absolute Gasteiger partial charge is 0.508 e. The number of ether oxygens (including phenoxy) is 2. The molecule has 364 valence electrons. The minimum Gasteiger partial charge on any atom is -0.508 e. The molecule has 0 saturated carbocycles. The molecule has 1 aromatic heterocycles. The van der Waals surface area contributed by atoms with Gasteiger partial charge >= 0.3 is 5.97 Å². The average molecular weight is 932 g/mol. The average Bonchev–Trinajstić information content (AvgIpc) is 3.99. The Bertz CT molecular complexity index is 2560. The van der Waals surface area contributed by atoms with Crippen LogP contribution >= 0.6 is 0 Å². The molecule has 1 unspecified atom stereocenters. The third kappa shape index (κ3) is 9.78. The van der Waals surface area contributed by atoms with Crippen molar-refractivity contribution in [2.45, 2.75) is 118 Å². The van der Waals surface area contributed by atoms with Crippen molar-refractivity contribution in [2.24, 2.45) is 21.7 Å². The molecule has 15 nitrogen and oxygen atoms in total. The van der Waals surface area contributed by atoms with Gasteiger partial charge in [0.15, 0.2) is 0 Å². The van der Waals surface area contributed by atoms with Gasteiger partial charge in [-0.25, -0.2) is 5.43 Å². The molecule has 1 spiro atoms. The first-order valence-corrected chi connectivity index (χ1v) is 24.0. The van der Waals surface area contributed by atoms with Crippen molar-refractivity contribution < 1.29 is 38.6 Å². The maximum absolute atomic E-state index is 14.8. The zero-order valence-electron chi connectivity index (χ0n) is 41.0. The Morgan fingerprint density at radius 2 is 1.79 bits per heavy atom. The SMILES string of the molecule is C=CC(=O)N1CCC2(CCN([C@H](C(=O)N[C@H]3Cc4cc(O)cc(c4)-c4ccc5c(c4)c(c(/C(C=C)=C(/N=CC)[C@H](C)OC)n5CC)CC(C)(C)COC(=O)[C@@H]4CCCN(N4)C3=O)C(C)C)C2=O)C1. The number of aryl methyl sites for hydroxylation is 1. The van der Waals surface area contributed by atoms with Crippen molar-refractivity contribution in [3.63, 3.8) is 0 Å². The number of allylic oxidation sites excluding steroid dienone is 2. The first kappa shape index (κ1) is 49.8. The van der Waals surface area contributed by atoms with E-state index in [9.17, 15) is 29.1 Å². The third-order valence-electron chi connectivity index (χ3n) is 14.2. The first-order valence-electron chi connectivity index (χ1n) is 24.0. The zero-order valence-corrected chi connectivity index (χ0v) is 41.0. The van der Waals surface area contributed by atoms with Crippen LogP contribution in [-0.4, -0.2) is 124 Å². The summed E-state index contributed by atoms with van der Waals surface area (Å²) >= 11 is 0. The number of fused-ring (bicyclic) bond motifs is 6. The summed E-state index contributed by atoms with van der Waals surface area (Å²) in [6.45, 7) is 23.7. The highest BCUT2D eigenvalue weighted by atomic mass is 16.5. The zero-order chi connectivity index (χ0) is 49.2. The molecule has 15 heteroatoms. The van der Waals surface area contributed by atoms with Gasteiger partial charge in [-0.3, -0.25) is 34.0 Å². The van der Waals surface area contributed by atoms with E-state index in [4.69, 9.17) is 14.5 Å². The van der Waals surface area contributed by atoms with Gasteiger partial charge in [-0.1, -0.05) is 59.1 Å². The Labute approximate surface area is 400 Å². The lowest BCUT2D eigenvalue weighted by Crippen LogP contribution is -2.62. The van der Waals surface area contributed by atoms with E-state index in [-0.39, 0.29) is 55.7 Å². The Morgan fingerprint density at radius 1 is 1.04 bits per heavy atom. The molecule has 3 N–H and O–H groups in total. The van der Waals surface area contributed by atoms with E-state index in [1.165, 1.54) is 11.1 Å². The number of hydrogen-bond acceptors (Lipinski definition) is 10. The number of methoxy groups -OCH3 is 1. The predicted molar refractivity (Wildman–Crippen MR) is 263 cm³/mol. The lowest BCUT2D eigenvalue weighted by atomic mass is 9.84. The van der Waals surface area contributed by atoms with E-state index in [0.29, 0.717) is 62.9 Å². The smallest absolute Gasteiger partial charge is 0.324 e. The highest BCUT2D eigenvalue weighted by Gasteiger charge is 2.54. The molecule has 4 aliphatic heterocycles. The third-order valence-corrected chi connectivity index (χ3v) is 14.2. The van der Waals surface area contributed by atoms with Crippen LogP contribution in [0.15, 0.2) is 72.4 Å². The summed E-state index contributed by atoms with van der Waals surface area (Å²) in [7, 11) is 1.65. The van der Waals surface area contributed by atoms with Crippen LogP contribution in [0.4, 0.5) is 0 Å². The first-order chi connectivity index (χ1) is 32.4. The maximum Gasteiger partial charge on any atom is 0.324 e. The van der Waals surface area contributed by atoms with E-state index in [2.05, 4.69) is 61.4 Å². The number of cyclic esters (lactones) is 1. The molecule has 3 fully saturated rings. The summed E-state index contributed by atoms with van der Waals surface area (Å²) in [6, 6.07) is 8.51. The number of nitrogens with zero attached hydrogens (tertiary/aromatic N) is 5. The Hall–Kier alpha value is -6.06. The number of nitrogens with one attached hydrogen (secondary N) is 2. The van der Waals surface area contributed by atoms with Gasteiger partial charge < -0.3 is 34.3 Å². The van der Waals surface area contributed by atoms with Crippen LogP contribution < -0.4 is 10.7 Å². The quantitative estimate of drug-likeness (QED) is 0.0855. The topological polar surface area (TPSA) is 175 Å². The van der Waals surface area contributed by atoms with Gasteiger partial charge in [-0.2, -0.15) is 0 Å². The molecular weight excluding hydrogens is 863 g/mol. The van der Waals surface area contributed by atoms with Crippen molar-refractivity contribution in [3.8, 4) is 16.9 Å². The number of aromatic hydroxyl groups is 1. The fourth-order valence-corrected chi connectivity index (χ4v) is 10.7. The minimum atomic E-state index is -1.16. The molecule has 68 heavy (non-hydrogen) atoms. The Kier molecular flexibility index (Phi) is 14.9. The molecular formula is C53H69N7O8. The van der Waals surface area contributed by atoms with E-state index < -0.39 is 46.7 Å². The van der Waals surface area contributed by atoms with E-state index in [1.54, 1.807) is 35.3 Å². The van der Waals surface area contributed by atoms with Crippen LogP contribution in [0.3, 0.4) is 0 Å². The summed E-state index contributed by atoms with van der Waals surface area (Å²) in [4.78, 5) is 78.3. The minimum absolute atomic E-state index is 0.00939. The van der Waals surface area contributed by atoms with Gasteiger partial charge in [0.1, 0.15) is 23.9 Å². The molecule has 4 aliphatic rings. The number of aromatic nitrogens is 1. The molecule has 4 amide bonds. The van der Waals surface area contributed by atoms with E-state index in [1.807, 2.05) is 45.9 Å². The number of aliphatic imine (C=N–C) groups is 1. The number of carbonyl (C=O) groups is 5. The van der Waals surface area contributed by atoms with Crippen molar-refractivity contribution >= 4 is 52.3 Å². The number of phenols is 1. The second-order valence-electron chi connectivity index (χ2n) is 19.9. The second-order valence-corrected chi connectivity index (χ2v) is 19.9. The highest BCUT2D eigenvalue weighted by Crippen LogP contribution is 2.43. The standard InChI is InChI=1S/C53H69N7O8/c1-11-38(45(54-13-3)33(7)67-10)47-40-29-52(8,9)31-68-50(65)41-16-15-21-60(56-41)49(64)42(26-34-24-36(27-37(61)25-34)35-17-18-43(39(40)28-35)58(47)14-4)55-48(63)46(32(5)6)59-23-20-53(51(59)66)19-22-57(30-53)44(62)12-2/h11-13,17-18,24-25,27-28,32-33,41-42,46,56,61H,1-2,14-16,19-23,26,29-31H2,3-10H3,(H,55,63)/b45-38+,54-13?/t33-,41-,42-,46-,53?/m0/s1. The van der Waals surface area contributed by atoms with Crippen LogP contribution in [0.5, 0.6) is 5.75 Å². The van der Waals surface area contributed by atoms with Crippen LogP contribution in [0.1, 0.15) is 91.0 Å². The van der Waals surface area contributed by atoms with Crippen LogP contribution in [0.2, 0.25) is 0 Å². The molecule has 7 rings (SSSR count). The number of likely N-dealkylation sites (tertiary alicyclic amines) is 2. The summed E-state index contributed by atoms with van der Waals surface area (Å²) in [5.41, 5.74) is 8.35. The van der Waals surface area contributed by atoms with Crippen LogP contribution in [0.25, 0.3) is 27.6 Å². The monoisotopic (exact) mass is 932 g/mol. The molecule has 0 aliphatic carbocycles. The maximum atomic E-state index is 14.8. The molecule has 3 saturated heterocycles. The predicted octanol–water partition coefficient (Wildman–Crippen LogP) is 6.37. The summed E-state index contributed by atoms with van der Waals surface area (Å²) in [6.07, 6.45) is 6.90. The fourth-order valence-electron chi connectivity index (χ4n) is 10.7. The number of amides is 4. The molecule has 5 heterocycles. The second kappa shape index (κ2) is 20.3. The lowest BCUT2D eigenvalue weighted by molar-refractivity contribution is -0.155. The number of rotatable bonds is 11. The van der Waals surface area contributed by atoms with Gasteiger partial charge in [0, 0.05) is 74.4 Å². The lowest BCUT2D eigenvalue weighted by Gasteiger charge is -2.37. The number of hydrogen-bond donors (Lipinski definition) is 3. The van der Waals surface area contributed by atoms with Gasteiger partial charge in [0.25, 0.3) is 5.91 Å². The molecule has 6 bridgehead atoms. The van der Waals surface area contributed by atoms with Crippen molar-refractivity contribution in [3.05, 3.63) is 84.2 Å². The van der Waals surface area contributed by atoms with Crippen molar-refractivity contribution in [1.29, 1.82) is 0 Å². The summed E-state index contributed by atoms with van der Waals surface area (Å²) in [5.74, 6) is -2.20. The Balaban J connectivity index is 1.32. The van der Waals surface area contributed by atoms with Gasteiger partial charge in [0.05, 0.1) is 29.5 Å². The van der Waals surface area contributed by atoms with Crippen LogP contribution in [0, 0.1) is 16.7 Å². The van der Waals surface area contributed by atoms with E-state index in [0.717, 1.165) is 39.0 Å². The normalized spacial score (nSPS) is 23.5. The van der Waals surface area contributed by atoms with Gasteiger partial charge in [-0.05, 0) is 111 Å². The summed E-state index contributed by atoms with van der Waals surface area (Å²) in [5, 5.41) is 16.8. The number of benzene rings is 2. The van der Waals surface area contributed by atoms with Crippen molar-refractivity contribution in [2.75, 3.05) is 39.9 Å². The molecule has 5 atom stereocenters. The van der Waals surface area contributed by atoms with Crippen LogP contribution in [-0.2, 0) is 52.8 Å². The number of hydrazine groups is 1. The number of carbonyl (C=O) groups excluding carboxylic acids is 5. The summed E-state index contributed by atoms with van der Waals surface area (Å²) < 4.78 is 14.2. The molecule has 2 aromatic carbocycles. The molecule has 0 radical (unpaired) electrons. The number of esters is 1.